The van der Waals surface area contributed by atoms with Gasteiger partial charge in [-0.25, -0.2) is 0 Å². The molecule has 27 heavy (non-hydrogen) atoms. The van der Waals surface area contributed by atoms with E-state index in [2.05, 4.69) is 0 Å². The number of carbonyl (C=O) groups is 1. The average molecular weight is 380 g/mol. The molecule has 1 aliphatic rings. The predicted molar refractivity (Wildman–Crippen MR) is 102 cm³/mol. The van der Waals surface area contributed by atoms with Crippen LogP contribution in [0.2, 0.25) is 0 Å². The lowest BCUT2D eigenvalue weighted by atomic mass is 9.66. The standard InChI is InChI=1S/C19H29BO7/c1-18(2)19(3,4)27-20(26-18)13(10-17(21)25-8)12-9-15(23-6)16(24-7)11-14(12)22-5/h9,11,13H,10H2,1-8H3. The summed E-state index contributed by atoms with van der Waals surface area (Å²) in [4.78, 5) is 12.1. The van der Waals surface area contributed by atoms with Gasteiger partial charge in [0.2, 0.25) is 0 Å². The van der Waals surface area contributed by atoms with Gasteiger partial charge in [0.25, 0.3) is 0 Å². The van der Waals surface area contributed by atoms with Crippen molar-refractivity contribution in [3.8, 4) is 17.2 Å². The lowest BCUT2D eigenvalue weighted by molar-refractivity contribution is -0.140. The van der Waals surface area contributed by atoms with Crippen LogP contribution in [-0.4, -0.2) is 52.7 Å². The molecule has 0 saturated carbocycles. The molecule has 1 saturated heterocycles. The van der Waals surface area contributed by atoms with Crippen molar-refractivity contribution in [3.05, 3.63) is 17.7 Å². The predicted octanol–water partition coefficient (Wildman–Crippen LogP) is 2.99. The third-order valence-electron chi connectivity index (χ3n) is 5.35. The Balaban J connectivity index is 2.53. The van der Waals surface area contributed by atoms with Gasteiger partial charge in [-0.05, 0) is 39.3 Å². The topological polar surface area (TPSA) is 72.5 Å². The van der Waals surface area contributed by atoms with Crippen LogP contribution in [0.1, 0.15) is 45.5 Å². The number of rotatable bonds is 7. The van der Waals surface area contributed by atoms with E-state index in [1.54, 1.807) is 33.5 Å². The van der Waals surface area contributed by atoms with E-state index in [0.29, 0.717) is 17.2 Å². The molecule has 0 radical (unpaired) electrons. The largest absolute Gasteiger partial charge is 0.496 e. The molecule has 0 bridgehead atoms. The molecule has 1 fully saturated rings. The van der Waals surface area contributed by atoms with Crippen LogP contribution < -0.4 is 14.2 Å². The summed E-state index contributed by atoms with van der Waals surface area (Å²) >= 11 is 0. The lowest BCUT2D eigenvalue weighted by Crippen LogP contribution is -2.41. The molecule has 1 aliphatic heterocycles. The summed E-state index contributed by atoms with van der Waals surface area (Å²) in [5, 5.41) is 0. The fourth-order valence-electron chi connectivity index (χ4n) is 3.01. The number of hydrogen-bond donors (Lipinski definition) is 0. The first-order chi connectivity index (χ1) is 12.6. The minimum Gasteiger partial charge on any atom is -0.496 e. The van der Waals surface area contributed by atoms with E-state index in [4.69, 9.17) is 28.3 Å². The van der Waals surface area contributed by atoms with Gasteiger partial charge in [-0.2, -0.15) is 0 Å². The van der Waals surface area contributed by atoms with Gasteiger partial charge >= 0.3 is 13.1 Å². The highest BCUT2D eigenvalue weighted by molar-refractivity contribution is 6.48. The van der Waals surface area contributed by atoms with Crippen molar-refractivity contribution in [3.63, 3.8) is 0 Å². The normalized spacial score (nSPS) is 18.7. The van der Waals surface area contributed by atoms with Crippen LogP contribution in [-0.2, 0) is 18.8 Å². The van der Waals surface area contributed by atoms with Crippen LogP contribution >= 0.6 is 0 Å². The van der Waals surface area contributed by atoms with Gasteiger partial charge < -0.3 is 28.3 Å². The summed E-state index contributed by atoms with van der Waals surface area (Å²) in [7, 11) is 5.37. The van der Waals surface area contributed by atoms with Crippen molar-refractivity contribution < 1.29 is 33.1 Å². The summed E-state index contributed by atoms with van der Waals surface area (Å²) in [5.41, 5.74) is -0.342. The first-order valence-corrected chi connectivity index (χ1v) is 8.82. The second-order valence-electron chi connectivity index (χ2n) is 7.46. The van der Waals surface area contributed by atoms with Gasteiger partial charge in [-0.3, -0.25) is 4.79 Å². The van der Waals surface area contributed by atoms with Gasteiger partial charge in [-0.15, -0.1) is 0 Å². The third-order valence-corrected chi connectivity index (χ3v) is 5.35. The molecule has 1 atom stereocenters. The van der Waals surface area contributed by atoms with E-state index in [9.17, 15) is 4.79 Å². The van der Waals surface area contributed by atoms with Crippen molar-refractivity contribution in [2.24, 2.45) is 0 Å². The van der Waals surface area contributed by atoms with E-state index < -0.39 is 24.1 Å². The highest BCUT2D eigenvalue weighted by atomic mass is 16.7. The van der Waals surface area contributed by atoms with Crippen molar-refractivity contribution in [2.75, 3.05) is 28.4 Å². The highest BCUT2D eigenvalue weighted by Gasteiger charge is 2.54. The van der Waals surface area contributed by atoms with Crippen molar-refractivity contribution in [1.29, 1.82) is 0 Å². The summed E-state index contributed by atoms with van der Waals surface area (Å²) in [6.07, 6.45) is 0.0686. The Hall–Kier alpha value is -1.93. The highest BCUT2D eigenvalue weighted by Crippen LogP contribution is 2.45. The molecule has 0 aromatic heterocycles. The zero-order chi connectivity index (χ0) is 20.4. The first kappa shape index (κ1) is 21.4. The van der Waals surface area contributed by atoms with Crippen molar-refractivity contribution in [1.82, 2.24) is 0 Å². The average Bonchev–Trinajstić information content (AvgIpc) is 2.85. The second-order valence-corrected chi connectivity index (χ2v) is 7.46. The maximum atomic E-state index is 12.1. The monoisotopic (exact) mass is 380 g/mol. The minimum atomic E-state index is -0.652. The zero-order valence-electron chi connectivity index (χ0n) is 17.4. The molecule has 0 N–H and O–H groups in total. The molecular weight excluding hydrogens is 351 g/mol. The fourth-order valence-corrected chi connectivity index (χ4v) is 3.01. The molecule has 1 aromatic carbocycles. The Morgan fingerprint density at radius 3 is 1.85 bits per heavy atom. The van der Waals surface area contributed by atoms with Gasteiger partial charge in [0.15, 0.2) is 11.5 Å². The van der Waals surface area contributed by atoms with Gasteiger partial charge in [0.1, 0.15) is 5.75 Å². The smallest absolute Gasteiger partial charge is 0.466 e. The number of esters is 1. The number of benzene rings is 1. The first-order valence-electron chi connectivity index (χ1n) is 8.82. The van der Waals surface area contributed by atoms with Crippen LogP contribution in [0.3, 0.4) is 0 Å². The molecule has 7 nitrogen and oxygen atoms in total. The molecule has 1 aromatic rings. The summed E-state index contributed by atoms with van der Waals surface area (Å²) in [5.74, 6) is 0.791. The molecule has 8 heteroatoms. The van der Waals surface area contributed by atoms with Crippen LogP contribution in [0.25, 0.3) is 0 Å². The number of ether oxygens (including phenoxy) is 4. The number of methoxy groups -OCH3 is 4. The van der Waals surface area contributed by atoms with E-state index in [0.717, 1.165) is 5.56 Å². The number of hydrogen-bond acceptors (Lipinski definition) is 7. The molecular formula is C19H29BO7. The SMILES string of the molecule is COC(=O)CC(B1OC(C)(C)C(C)(C)O1)c1cc(OC)c(OC)cc1OC. The van der Waals surface area contributed by atoms with Gasteiger partial charge in [0.05, 0.1) is 46.1 Å². The molecule has 0 amide bonds. The maximum Gasteiger partial charge on any atom is 0.466 e. The molecule has 1 unspecified atom stereocenters. The van der Waals surface area contributed by atoms with Crippen LogP contribution in [0.5, 0.6) is 17.2 Å². The van der Waals surface area contributed by atoms with Crippen LogP contribution in [0, 0.1) is 0 Å². The van der Waals surface area contributed by atoms with E-state index >= 15 is 0 Å². The quantitative estimate of drug-likeness (QED) is 0.532. The van der Waals surface area contributed by atoms with E-state index in [1.165, 1.54) is 7.11 Å². The Kier molecular flexibility index (Phi) is 6.32. The zero-order valence-corrected chi connectivity index (χ0v) is 17.4. The summed E-state index contributed by atoms with van der Waals surface area (Å²) in [6.45, 7) is 7.87. The maximum absolute atomic E-state index is 12.1. The van der Waals surface area contributed by atoms with Gasteiger partial charge in [0, 0.05) is 11.9 Å². The molecule has 150 valence electrons. The number of carbonyl (C=O) groups excluding carboxylic acids is 1. The minimum absolute atomic E-state index is 0.0686. The molecule has 0 spiro atoms. The van der Waals surface area contributed by atoms with Crippen LogP contribution in [0.15, 0.2) is 12.1 Å². The third kappa shape index (κ3) is 4.16. The second kappa shape index (κ2) is 7.98. The van der Waals surface area contributed by atoms with E-state index in [1.807, 2.05) is 27.7 Å². The van der Waals surface area contributed by atoms with Crippen LogP contribution in [0.4, 0.5) is 0 Å². The molecule has 1 heterocycles. The fraction of sp³-hybridized carbons (Fsp3) is 0.632. The Bertz CT molecular complexity index is 671. The Labute approximate surface area is 161 Å². The van der Waals surface area contributed by atoms with Crippen molar-refractivity contribution in [2.45, 2.75) is 51.1 Å². The molecule has 2 rings (SSSR count). The summed E-state index contributed by atoms with van der Waals surface area (Å²) in [6, 6.07) is 3.51. The lowest BCUT2D eigenvalue weighted by Gasteiger charge is -2.32. The summed E-state index contributed by atoms with van der Waals surface area (Å²) < 4.78 is 33.6. The van der Waals surface area contributed by atoms with Gasteiger partial charge in [-0.1, -0.05) is 0 Å². The Morgan fingerprint density at radius 1 is 0.926 bits per heavy atom. The van der Waals surface area contributed by atoms with E-state index in [-0.39, 0.29) is 12.4 Å². The Morgan fingerprint density at radius 2 is 1.41 bits per heavy atom. The van der Waals surface area contributed by atoms with Crippen molar-refractivity contribution >= 4 is 13.1 Å². The molecule has 0 aliphatic carbocycles.